The molecule has 168 valence electrons. The number of nitrogens with one attached hydrogen (secondary N) is 2. The molecule has 2 N–H and O–H groups in total. The fourth-order valence-corrected chi connectivity index (χ4v) is 3.32. The molecule has 7 nitrogen and oxygen atoms in total. The molecule has 0 unspecified atom stereocenters. The minimum absolute atomic E-state index is 0.516. The number of nitrogens with zero attached hydrogens (tertiary/aromatic N) is 1. The number of aliphatic imine (C=N–C) groups is 1. The summed E-state index contributed by atoms with van der Waals surface area (Å²) in [5.74, 6) is 4.18. The Hall–Kier alpha value is -3.09. The van der Waals surface area contributed by atoms with E-state index in [-0.39, 0.29) is 0 Å². The van der Waals surface area contributed by atoms with Crippen molar-refractivity contribution in [1.82, 2.24) is 10.6 Å². The normalized spacial score (nSPS) is 13.5. The van der Waals surface area contributed by atoms with Crippen LogP contribution in [0.5, 0.6) is 23.0 Å². The van der Waals surface area contributed by atoms with Gasteiger partial charge < -0.3 is 29.6 Å². The van der Waals surface area contributed by atoms with Crippen LogP contribution >= 0.6 is 0 Å². The van der Waals surface area contributed by atoms with Crippen LogP contribution in [0.15, 0.2) is 35.3 Å². The molecule has 0 saturated heterocycles. The number of aryl methyl sites for hydroxylation is 1. The molecule has 1 fully saturated rings. The zero-order valence-corrected chi connectivity index (χ0v) is 19.1. The third-order valence-electron chi connectivity index (χ3n) is 5.30. The Kier molecular flexibility index (Phi) is 7.87. The van der Waals surface area contributed by atoms with Crippen molar-refractivity contribution < 1.29 is 18.9 Å². The van der Waals surface area contributed by atoms with Gasteiger partial charge in [-0.05, 0) is 49.4 Å². The van der Waals surface area contributed by atoms with Gasteiger partial charge in [0.15, 0.2) is 17.5 Å². The van der Waals surface area contributed by atoms with Crippen LogP contribution in [0.3, 0.4) is 0 Å². The van der Waals surface area contributed by atoms with E-state index in [2.05, 4.69) is 40.7 Å². The predicted octanol–water partition coefficient (Wildman–Crippen LogP) is 3.67. The zero-order valence-electron chi connectivity index (χ0n) is 19.1. The summed E-state index contributed by atoms with van der Waals surface area (Å²) < 4.78 is 22.5. The molecule has 0 atom stereocenters. The van der Waals surface area contributed by atoms with Crippen LogP contribution in [-0.4, -0.2) is 40.9 Å². The van der Waals surface area contributed by atoms with Gasteiger partial charge in [0.2, 0.25) is 5.75 Å². The molecule has 0 aromatic heterocycles. The maximum absolute atomic E-state index is 6.07. The monoisotopic (exact) mass is 427 g/mol. The van der Waals surface area contributed by atoms with Crippen LogP contribution in [0, 0.1) is 12.8 Å². The fourth-order valence-electron chi connectivity index (χ4n) is 3.32. The maximum atomic E-state index is 6.07. The molecule has 0 heterocycles. The number of hydrogen-bond donors (Lipinski definition) is 2. The second kappa shape index (κ2) is 10.8. The Morgan fingerprint density at radius 2 is 1.58 bits per heavy atom. The highest BCUT2D eigenvalue weighted by Crippen LogP contribution is 2.39. The molecule has 1 saturated carbocycles. The summed E-state index contributed by atoms with van der Waals surface area (Å²) in [5, 5.41) is 6.70. The minimum Gasteiger partial charge on any atom is -0.493 e. The average Bonchev–Trinajstić information content (AvgIpc) is 3.62. The van der Waals surface area contributed by atoms with E-state index in [9.17, 15) is 0 Å². The summed E-state index contributed by atoms with van der Waals surface area (Å²) >= 11 is 0. The van der Waals surface area contributed by atoms with Crippen LogP contribution in [0.25, 0.3) is 0 Å². The lowest BCUT2D eigenvalue weighted by molar-refractivity contribution is 0.296. The summed E-state index contributed by atoms with van der Waals surface area (Å²) in [7, 11) is 6.58. The third kappa shape index (κ3) is 5.96. The molecule has 2 aromatic rings. The van der Waals surface area contributed by atoms with E-state index in [1.54, 1.807) is 28.4 Å². The molecule has 0 radical (unpaired) electrons. The van der Waals surface area contributed by atoms with E-state index >= 15 is 0 Å². The lowest BCUT2D eigenvalue weighted by atomic mass is 10.1. The lowest BCUT2D eigenvalue weighted by Gasteiger charge is -2.18. The predicted molar refractivity (Wildman–Crippen MR) is 123 cm³/mol. The smallest absolute Gasteiger partial charge is 0.203 e. The summed E-state index contributed by atoms with van der Waals surface area (Å²) in [5.41, 5.74) is 3.24. The molecule has 0 bridgehead atoms. The second-order valence-corrected chi connectivity index (χ2v) is 7.64. The molecule has 2 aromatic carbocycles. The average molecular weight is 428 g/mol. The van der Waals surface area contributed by atoms with Gasteiger partial charge in [0, 0.05) is 31.3 Å². The van der Waals surface area contributed by atoms with Crippen LogP contribution in [0.4, 0.5) is 0 Å². The van der Waals surface area contributed by atoms with Gasteiger partial charge in [0.1, 0.15) is 5.75 Å². The Morgan fingerprint density at radius 1 is 0.903 bits per heavy atom. The van der Waals surface area contributed by atoms with Crippen molar-refractivity contribution in [1.29, 1.82) is 0 Å². The molecule has 1 aliphatic carbocycles. The first-order valence-electron chi connectivity index (χ1n) is 10.5. The minimum atomic E-state index is 0.516. The van der Waals surface area contributed by atoms with Crippen LogP contribution in [0.2, 0.25) is 0 Å². The number of methoxy groups -OCH3 is 3. The van der Waals surface area contributed by atoms with Crippen molar-refractivity contribution in [3.05, 3.63) is 47.0 Å². The van der Waals surface area contributed by atoms with Gasteiger partial charge in [-0.25, -0.2) is 0 Å². The van der Waals surface area contributed by atoms with E-state index in [1.165, 1.54) is 18.4 Å². The molecule has 0 aliphatic heterocycles. The van der Waals surface area contributed by atoms with Crippen molar-refractivity contribution >= 4 is 5.96 Å². The van der Waals surface area contributed by atoms with Gasteiger partial charge in [-0.1, -0.05) is 12.1 Å². The maximum Gasteiger partial charge on any atom is 0.203 e. The molecule has 1 aliphatic rings. The molecular formula is C24H33N3O4. The van der Waals surface area contributed by atoms with E-state index < -0.39 is 0 Å². The summed E-state index contributed by atoms with van der Waals surface area (Å²) in [4.78, 5) is 4.34. The van der Waals surface area contributed by atoms with Crippen molar-refractivity contribution in [2.75, 3.05) is 35.0 Å². The zero-order chi connectivity index (χ0) is 22.2. The van der Waals surface area contributed by atoms with Gasteiger partial charge in [0.05, 0.1) is 27.9 Å². The molecular weight excluding hydrogens is 394 g/mol. The standard InChI is InChI=1S/C24H33N3O4/c1-16-6-9-18(21(12-16)31-15-17-7-8-17)13-26-24(25-2)27-14-19-10-11-20(28-3)23(30-5)22(19)29-4/h6,9-12,17H,7-8,13-15H2,1-5H3,(H2,25,26,27). The van der Waals surface area contributed by atoms with Crippen molar-refractivity contribution in [3.8, 4) is 23.0 Å². The van der Waals surface area contributed by atoms with E-state index in [1.807, 2.05) is 12.1 Å². The summed E-state index contributed by atoms with van der Waals surface area (Å²) in [6, 6.07) is 10.1. The first kappa shape index (κ1) is 22.6. The second-order valence-electron chi connectivity index (χ2n) is 7.64. The van der Waals surface area contributed by atoms with E-state index in [4.69, 9.17) is 18.9 Å². The number of ether oxygens (including phenoxy) is 4. The SMILES string of the molecule is CN=C(NCc1ccc(C)cc1OCC1CC1)NCc1ccc(OC)c(OC)c1OC. The topological polar surface area (TPSA) is 73.3 Å². The number of benzene rings is 2. The Morgan fingerprint density at radius 3 is 2.19 bits per heavy atom. The Labute approximate surface area is 184 Å². The van der Waals surface area contributed by atoms with Gasteiger partial charge >= 0.3 is 0 Å². The fraction of sp³-hybridized carbons (Fsp3) is 0.458. The van der Waals surface area contributed by atoms with Gasteiger partial charge in [-0.3, -0.25) is 4.99 Å². The highest BCUT2D eigenvalue weighted by atomic mass is 16.5. The largest absolute Gasteiger partial charge is 0.493 e. The van der Waals surface area contributed by atoms with Crippen LogP contribution in [0.1, 0.15) is 29.5 Å². The quantitative estimate of drug-likeness (QED) is 0.445. The van der Waals surface area contributed by atoms with Crippen LogP contribution < -0.4 is 29.6 Å². The summed E-state index contributed by atoms with van der Waals surface area (Å²) in [6.07, 6.45) is 2.55. The Bertz CT molecular complexity index is 910. The van der Waals surface area contributed by atoms with Gasteiger partial charge in [-0.2, -0.15) is 0 Å². The number of rotatable bonds is 10. The van der Waals surface area contributed by atoms with E-state index in [0.717, 1.165) is 23.5 Å². The molecule has 0 spiro atoms. The first-order valence-corrected chi connectivity index (χ1v) is 10.5. The number of hydrogen-bond acceptors (Lipinski definition) is 5. The molecule has 7 heteroatoms. The third-order valence-corrected chi connectivity index (χ3v) is 5.30. The highest BCUT2D eigenvalue weighted by molar-refractivity contribution is 5.79. The highest BCUT2D eigenvalue weighted by Gasteiger charge is 2.22. The molecule has 0 amide bonds. The number of guanidine groups is 1. The van der Waals surface area contributed by atoms with Crippen molar-refractivity contribution in [2.45, 2.75) is 32.9 Å². The molecule has 31 heavy (non-hydrogen) atoms. The Balaban J connectivity index is 1.63. The lowest BCUT2D eigenvalue weighted by Crippen LogP contribution is -2.36. The molecule has 3 rings (SSSR count). The van der Waals surface area contributed by atoms with Crippen LogP contribution in [-0.2, 0) is 13.1 Å². The van der Waals surface area contributed by atoms with Gasteiger partial charge in [0.25, 0.3) is 0 Å². The first-order chi connectivity index (χ1) is 15.1. The summed E-state index contributed by atoms with van der Waals surface area (Å²) in [6.45, 7) is 4.01. The van der Waals surface area contributed by atoms with E-state index in [0.29, 0.717) is 42.2 Å². The van der Waals surface area contributed by atoms with Crippen molar-refractivity contribution in [2.24, 2.45) is 10.9 Å². The van der Waals surface area contributed by atoms with Gasteiger partial charge in [-0.15, -0.1) is 0 Å². The van der Waals surface area contributed by atoms with Crippen molar-refractivity contribution in [3.63, 3.8) is 0 Å².